The lowest BCUT2D eigenvalue weighted by atomic mass is 10.1. The van der Waals surface area contributed by atoms with Crippen molar-refractivity contribution in [2.24, 2.45) is 0 Å². The SMILES string of the molecule is CCc1ccc(N2CC(c3noc(-c4cccc(OC)c4OC)n3)CC2=O)cc1. The summed E-state index contributed by atoms with van der Waals surface area (Å²) in [6.07, 6.45) is 1.32. The maximum absolute atomic E-state index is 12.6. The molecule has 1 amide bonds. The molecule has 0 aliphatic carbocycles. The van der Waals surface area contributed by atoms with Crippen LogP contribution >= 0.6 is 0 Å². The van der Waals surface area contributed by atoms with Crippen LogP contribution in [-0.4, -0.2) is 36.8 Å². The first-order chi connectivity index (χ1) is 14.1. The van der Waals surface area contributed by atoms with Crippen LogP contribution in [0.5, 0.6) is 11.5 Å². The van der Waals surface area contributed by atoms with Crippen LogP contribution in [0.2, 0.25) is 0 Å². The third-order valence-corrected chi connectivity index (χ3v) is 5.22. The Balaban J connectivity index is 1.57. The number of ether oxygens (including phenoxy) is 2. The van der Waals surface area contributed by atoms with Crippen LogP contribution in [0.15, 0.2) is 47.0 Å². The molecule has 2 aromatic carbocycles. The fourth-order valence-corrected chi connectivity index (χ4v) is 3.61. The highest BCUT2D eigenvalue weighted by molar-refractivity contribution is 5.96. The molecule has 1 fully saturated rings. The molecule has 150 valence electrons. The predicted octanol–water partition coefficient (Wildman–Crippen LogP) is 3.84. The topological polar surface area (TPSA) is 77.7 Å². The minimum absolute atomic E-state index is 0.0598. The van der Waals surface area contributed by atoms with E-state index in [1.807, 2.05) is 24.3 Å². The van der Waals surface area contributed by atoms with Crippen molar-refractivity contribution >= 4 is 11.6 Å². The summed E-state index contributed by atoms with van der Waals surface area (Å²) < 4.78 is 16.3. The van der Waals surface area contributed by atoms with Gasteiger partial charge in [-0.3, -0.25) is 4.79 Å². The third-order valence-electron chi connectivity index (χ3n) is 5.22. The molecule has 0 radical (unpaired) electrons. The molecule has 0 bridgehead atoms. The number of aromatic nitrogens is 2. The van der Waals surface area contributed by atoms with Crippen LogP contribution in [-0.2, 0) is 11.2 Å². The number of anilines is 1. The second-order valence-electron chi connectivity index (χ2n) is 6.92. The summed E-state index contributed by atoms with van der Waals surface area (Å²) in [5.41, 5.74) is 2.79. The second kappa shape index (κ2) is 7.95. The summed E-state index contributed by atoms with van der Waals surface area (Å²) in [6.45, 7) is 2.63. The molecular weight excluding hydrogens is 370 g/mol. The van der Waals surface area contributed by atoms with Gasteiger partial charge in [-0.25, -0.2) is 0 Å². The monoisotopic (exact) mass is 393 g/mol. The van der Waals surface area contributed by atoms with E-state index in [9.17, 15) is 4.79 Å². The van der Waals surface area contributed by atoms with Crippen molar-refractivity contribution in [1.29, 1.82) is 0 Å². The fourth-order valence-electron chi connectivity index (χ4n) is 3.61. The van der Waals surface area contributed by atoms with E-state index in [4.69, 9.17) is 14.0 Å². The molecule has 1 aromatic heterocycles. The van der Waals surface area contributed by atoms with Crippen LogP contribution in [0.3, 0.4) is 0 Å². The van der Waals surface area contributed by atoms with Crippen LogP contribution in [0.1, 0.15) is 30.7 Å². The molecule has 7 nitrogen and oxygen atoms in total. The lowest BCUT2D eigenvalue weighted by Crippen LogP contribution is -2.24. The Morgan fingerprint density at radius 2 is 1.93 bits per heavy atom. The molecule has 0 saturated carbocycles. The molecule has 1 unspecified atom stereocenters. The van der Waals surface area contributed by atoms with E-state index in [0.717, 1.165) is 12.1 Å². The second-order valence-corrected chi connectivity index (χ2v) is 6.92. The highest BCUT2D eigenvalue weighted by Crippen LogP contribution is 2.38. The van der Waals surface area contributed by atoms with Crippen LogP contribution in [0.4, 0.5) is 5.69 Å². The summed E-state index contributed by atoms with van der Waals surface area (Å²) >= 11 is 0. The number of nitrogens with zero attached hydrogens (tertiary/aromatic N) is 3. The first-order valence-electron chi connectivity index (χ1n) is 9.58. The minimum Gasteiger partial charge on any atom is -0.493 e. The molecule has 4 rings (SSSR count). The van der Waals surface area contributed by atoms with Crippen LogP contribution in [0, 0.1) is 0 Å². The van der Waals surface area contributed by atoms with Crippen LogP contribution < -0.4 is 14.4 Å². The molecule has 7 heteroatoms. The molecule has 1 atom stereocenters. The Morgan fingerprint density at radius 3 is 2.62 bits per heavy atom. The Bertz CT molecular complexity index is 1010. The first-order valence-corrected chi connectivity index (χ1v) is 9.58. The highest BCUT2D eigenvalue weighted by Gasteiger charge is 2.35. The number of hydrogen-bond acceptors (Lipinski definition) is 6. The molecule has 1 aliphatic heterocycles. The van der Waals surface area contributed by atoms with E-state index in [1.54, 1.807) is 25.2 Å². The number of para-hydroxylation sites is 1. The zero-order valence-corrected chi connectivity index (χ0v) is 16.7. The van der Waals surface area contributed by atoms with Crippen molar-refractivity contribution in [3.8, 4) is 23.0 Å². The van der Waals surface area contributed by atoms with Crippen molar-refractivity contribution in [3.05, 3.63) is 53.9 Å². The normalized spacial score (nSPS) is 16.3. The number of methoxy groups -OCH3 is 2. The van der Waals surface area contributed by atoms with E-state index in [-0.39, 0.29) is 11.8 Å². The van der Waals surface area contributed by atoms with Gasteiger partial charge in [0.15, 0.2) is 17.3 Å². The summed E-state index contributed by atoms with van der Waals surface area (Å²) in [5.74, 6) is 1.92. The minimum atomic E-state index is -0.123. The lowest BCUT2D eigenvalue weighted by Gasteiger charge is -2.16. The van der Waals surface area contributed by atoms with Gasteiger partial charge in [0.25, 0.3) is 5.89 Å². The van der Waals surface area contributed by atoms with E-state index in [2.05, 4.69) is 29.2 Å². The summed E-state index contributed by atoms with van der Waals surface area (Å²) in [5, 5.41) is 4.13. The summed E-state index contributed by atoms with van der Waals surface area (Å²) in [4.78, 5) is 18.9. The number of rotatable bonds is 6. The predicted molar refractivity (Wildman–Crippen MR) is 108 cm³/mol. The Labute approximate surface area is 169 Å². The first kappa shape index (κ1) is 19.0. The van der Waals surface area contributed by atoms with Gasteiger partial charge in [0, 0.05) is 24.6 Å². The fraction of sp³-hybridized carbons (Fsp3) is 0.318. The molecule has 3 aromatic rings. The van der Waals surface area contributed by atoms with Crippen molar-refractivity contribution < 1.29 is 18.8 Å². The van der Waals surface area contributed by atoms with Gasteiger partial charge in [0.2, 0.25) is 5.91 Å². The zero-order valence-electron chi connectivity index (χ0n) is 16.7. The highest BCUT2D eigenvalue weighted by atomic mass is 16.5. The number of carbonyl (C=O) groups excluding carboxylic acids is 1. The van der Waals surface area contributed by atoms with Gasteiger partial charge < -0.3 is 18.9 Å². The molecule has 0 spiro atoms. The molecule has 2 heterocycles. The smallest absolute Gasteiger partial charge is 0.261 e. The Morgan fingerprint density at radius 1 is 1.14 bits per heavy atom. The van der Waals surface area contributed by atoms with Gasteiger partial charge in [-0.1, -0.05) is 30.3 Å². The van der Waals surface area contributed by atoms with Gasteiger partial charge >= 0.3 is 0 Å². The Hall–Kier alpha value is -3.35. The Kier molecular flexibility index (Phi) is 5.20. The number of carbonyl (C=O) groups is 1. The van der Waals surface area contributed by atoms with Gasteiger partial charge in [-0.15, -0.1) is 0 Å². The molecule has 1 aliphatic rings. The van der Waals surface area contributed by atoms with Gasteiger partial charge in [0.05, 0.1) is 19.8 Å². The standard InChI is InChI=1S/C22H23N3O4/c1-4-14-8-10-16(11-9-14)25-13-15(12-19(25)26)21-23-22(29-24-21)17-6-5-7-18(27-2)20(17)28-3/h5-11,15H,4,12-13H2,1-3H3. The van der Waals surface area contributed by atoms with Crippen molar-refractivity contribution in [2.45, 2.75) is 25.7 Å². The average Bonchev–Trinajstić information content (AvgIpc) is 3.40. The maximum Gasteiger partial charge on any atom is 0.261 e. The molecule has 29 heavy (non-hydrogen) atoms. The summed E-state index contributed by atoms with van der Waals surface area (Å²) in [6, 6.07) is 13.6. The van der Waals surface area contributed by atoms with E-state index in [1.165, 1.54) is 5.56 Å². The molecule has 1 saturated heterocycles. The average molecular weight is 393 g/mol. The van der Waals surface area contributed by atoms with Crippen LogP contribution in [0.25, 0.3) is 11.5 Å². The third kappa shape index (κ3) is 3.55. The van der Waals surface area contributed by atoms with E-state index < -0.39 is 0 Å². The molecule has 0 N–H and O–H groups in total. The van der Waals surface area contributed by atoms with Gasteiger partial charge in [-0.05, 0) is 36.2 Å². The maximum atomic E-state index is 12.6. The number of hydrogen-bond donors (Lipinski definition) is 0. The largest absolute Gasteiger partial charge is 0.493 e. The van der Waals surface area contributed by atoms with Gasteiger partial charge in [-0.2, -0.15) is 4.98 Å². The number of amides is 1. The zero-order chi connectivity index (χ0) is 20.4. The van der Waals surface area contributed by atoms with E-state index in [0.29, 0.717) is 41.7 Å². The molecular formula is C22H23N3O4. The quantitative estimate of drug-likeness (QED) is 0.633. The number of aryl methyl sites for hydroxylation is 1. The van der Waals surface area contributed by atoms with E-state index >= 15 is 0 Å². The lowest BCUT2D eigenvalue weighted by molar-refractivity contribution is -0.117. The number of benzene rings is 2. The van der Waals surface area contributed by atoms with Crippen molar-refractivity contribution in [3.63, 3.8) is 0 Å². The summed E-state index contributed by atoms with van der Waals surface area (Å²) in [7, 11) is 3.14. The van der Waals surface area contributed by atoms with Gasteiger partial charge in [0.1, 0.15) is 0 Å². The van der Waals surface area contributed by atoms with Crippen molar-refractivity contribution in [2.75, 3.05) is 25.7 Å². The van der Waals surface area contributed by atoms with Crippen molar-refractivity contribution in [1.82, 2.24) is 10.1 Å².